The Morgan fingerprint density at radius 1 is 1.17 bits per heavy atom. The fraction of sp³-hybridized carbons (Fsp3) is 0.222. The van der Waals surface area contributed by atoms with Crippen LogP contribution >= 0.6 is 0 Å². The van der Waals surface area contributed by atoms with Crippen molar-refractivity contribution in [3.05, 3.63) is 71.3 Å². The van der Waals surface area contributed by atoms with Gasteiger partial charge in [0.1, 0.15) is 11.6 Å². The molecule has 1 fully saturated rings. The molecule has 1 atom stereocenters. The largest absolute Gasteiger partial charge is 0.347 e. The van der Waals surface area contributed by atoms with Gasteiger partial charge in [-0.1, -0.05) is 30.3 Å². The van der Waals surface area contributed by atoms with Crippen molar-refractivity contribution in [2.45, 2.75) is 19.0 Å². The lowest BCUT2D eigenvalue weighted by atomic mass is 10.1. The summed E-state index contributed by atoms with van der Waals surface area (Å²) in [6, 6.07) is 11.8. The van der Waals surface area contributed by atoms with Crippen LogP contribution in [0.5, 0.6) is 0 Å². The molecule has 24 heavy (non-hydrogen) atoms. The fourth-order valence-electron chi connectivity index (χ4n) is 2.76. The van der Waals surface area contributed by atoms with Crippen LogP contribution in [0.2, 0.25) is 0 Å². The number of hydrogen-bond donors (Lipinski definition) is 1. The van der Waals surface area contributed by atoms with E-state index in [4.69, 9.17) is 0 Å². The van der Waals surface area contributed by atoms with Gasteiger partial charge in [-0.3, -0.25) is 9.59 Å². The summed E-state index contributed by atoms with van der Waals surface area (Å²) in [5, 5.41) is 2.60. The lowest BCUT2D eigenvalue weighted by Crippen LogP contribution is -2.37. The number of amides is 2. The number of carbonyl (C=O) groups is 2. The molecule has 0 radical (unpaired) electrons. The fourth-order valence-corrected chi connectivity index (χ4v) is 2.76. The summed E-state index contributed by atoms with van der Waals surface area (Å²) < 4.78 is 26.8. The first kappa shape index (κ1) is 16.1. The van der Waals surface area contributed by atoms with Gasteiger partial charge in [-0.2, -0.15) is 0 Å². The Morgan fingerprint density at radius 2 is 1.92 bits per heavy atom. The molecule has 4 nitrogen and oxygen atoms in total. The zero-order chi connectivity index (χ0) is 17.1. The van der Waals surface area contributed by atoms with E-state index in [1.165, 1.54) is 0 Å². The van der Waals surface area contributed by atoms with E-state index in [2.05, 4.69) is 5.32 Å². The molecule has 3 rings (SSSR count). The predicted octanol–water partition coefficient (Wildman–Crippen LogP) is 2.50. The minimum absolute atomic E-state index is 0.0798. The van der Waals surface area contributed by atoms with Gasteiger partial charge in [0.05, 0.1) is 11.6 Å². The highest BCUT2D eigenvalue weighted by atomic mass is 19.1. The summed E-state index contributed by atoms with van der Waals surface area (Å²) in [5.41, 5.74) is 0.637. The van der Waals surface area contributed by atoms with Gasteiger partial charge >= 0.3 is 0 Å². The van der Waals surface area contributed by atoms with Gasteiger partial charge in [0.15, 0.2) is 0 Å². The second-order valence-corrected chi connectivity index (χ2v) is 5.76. The molecular weight excluding hydrogens is 314 g/mol. The molecule has 0 aromatic heterocycles. The van der Waals surface area contributed by atoms with E-state index in [0.29, 0.717) is 13.1 Å². The summed E-state index contributed by atoms with van der Waals surface area (Å²) in [6.45, 7) is 0.802. The number of benzene rings is 2. The highest BCUT2D eigenvalue weighted by molar-refractivity contribution is 5.95. The quantitative estimate of drug-likeness (QED) is 0.936. The zero-order valence-corrected chi connectivity index (χ0v) is 12.8. The van der Waals surface area contributed by atoms with Crippen molar-refractivity contribution in [1.29, 1.82) is 0 Å². The summed E-state index contributed by atoms with van der Waals surface area (Å²) in [7, 11) is 0. The van der Waals surface area contributed by atoms with Crippen molar-refractivity contribution in [2.24, 2.45) is 0 Å². The Balaban J connectivity index is 1.63. The number of likely N-dealkylation sites (tertiary alicyclic amines) is 1. The Bertz CT molecular complexity index is 765. The van der Waals surface area contributed by atoms with E-state index in [0.717, 1.165) is 23.8 Å². The zero-order valence-electron chi connectivity index (χ0n) is 12.8. The minimum Gasteiger partial charge on any atom is -0.347 e. The minimum atomic E-state index is -0.792. The van der Waals surface area contributed by atoms with E-state index >= 15 is 0 Å². The van der Waals surface area contributed by atoms with Crippen LogP contribution in [0.4, 0.5) is 8.78 Å². The maximum atomic E-state index is 13.6. The summed E-state index contributed by atoms with van der Waals surface area (Å²) >= 11 is 0. The van der Waals surface area contributed by atoms with Gasteiger partial charge in [0.2, 0.25) is 5.91 Å². The van der Waals surface area contributed by atoms with Crippen molar-refractivity contribution in [3.63, 3.8) is 0 Å². The molecule has 124 valence electrons. The molecule has 1 heterocycles. The van der Waals surface area contributed by atoms with Crippen LogP contribution in [-0.4, -0.2) is 29.3 Å². The second kappa shape index (κ2) is 6.78. The van der Waals surface area contributed by atoms with Gasteiger partial charge in [-0.05, 0) is 23.8 Å². The van der Waals surface area contributed by atoms with Gasteiger partial charge in [0, 0.05) is 19.5 Å². The first-order chi connectivity index (χ1) is 11.5. The molecule has 2 aromatic carbocycles. The molecular formula is C18H16F2N2O2. The van der Waals surface area contributed by atoms with Crippen LogP contribution in [0.3, 0.4) is 0 Å². The number of halogens is 2. The van der Waals surface area contributed by atoms with Crippen LogP contribution in [0.15, 0.2) is 48.5 Å². The maximum Gasteiger partial charge on any atom is 0.254 e. The molecule has 1 aliphatic heterocycles. The monoisotopic (exact) mass is 330 g/mol. The second-order valence-electron chi connectivity index (χ2n) is 5.76. The van der Waals surface area contributed by atoms with E-state index in [1.54, 1.807) is 4.90 Å². The van der Waals surface area contributed by atoms with E-state index in [9.17, 15) is 18.4 Å². The van der Waals surface area contributed by atoms with Crippen molar-refractivity contribution < 1.29 is 18.4 Å². The third-order valence-corrected chi connectivity index (χ3v) is 3.94. The maximum absolute atomic E-state index is 13.6. The normalized spacial score (nSPS) is 17.2. The average molecular weight is 330 g/mol. The van der Waals surface area contributed by atoms with E-state index < -0.39 is 23.6 Å². The highest BCUT2D eigenvalue weighted by Gasteiger charge is 2.31. The number of hydrogen-bond acceptors (Lipinski definition) is 2. The lowest BCUT2D eigenvalue weighted by Gasteiger charge is -2.17. The summed E-state index contributed by atoms with van der Waals surface area (Å²) in [6.07, 6.45) is 0.148. The van der Waals surface area contributed by atoms with Gasteiger partial charge in [-0.15, -0.1) is 0 Å². The molecule has 6 heteroatoms. The lowest BCUT2D eigenvalue weighted by molar-refractivity contribution is -0.128. The predicted molar refractivity (Wildman–Crippen MR) is 84.1 cm³/mol. The number of carbonyl (C=O) groups excluding carboxylic acids is 2. The van der Waals surface area contributed by atoms with Crippen molar-refractivity contribution >= 4 is 11.8 Å². The number of nitrogens with one attached hydrogen (secondary N) is 1. The van der Waals surface area contributed by atoms with Gasteiger partial charge < -0.3 is 10.2 Å². The molecule has 1 saturated heterocycles. The summed E-state index contributed by atoms with van der Waals surface area (Å²) in [5.74, 6) is -2.27. The average Bonchev–Trinajstić information content (AvgIpc) is 2.90. The topological polar surface area (TPSA) is 49.4 Å². The molecule has 1 N–H and O–H groups in total. The molecule has 1 aliphatic rings. The van der Waals surface area contributed by atoms with Crippen LogP contribution < -0.4 is 5.32 Å². The Labute approximate surface area is 138 Å². The molecule has 0 aliphatic carbocycles. The Kier molecular flexibility index (Phi) is 4.55. The van der Waals surface area contributed by atoms with Crippen LogP contribution in [0.1, 0.15) is 22.3 Å². The SMILES string of the molecule is O=C(N[C@@H]1CC(=O)N(Cc2ccccc2)C1)c1cc(F)ccc1F. The first-order valence-corrected chi connectivity index (χ1v) is 7.60. The van der Waals surface area contributed by atoms with Crippen LogP contribution in [-0.2, 0) is 11.3 Å². The van der Waals surface area contributed by atoms with Crippen molar-refractivity contribution in [1.82, 2.24) is 10.2 Å². The van der Waals surface area contributed by atoms with Crippen LogP contribution in [0, 0.1) is 11.6 Å². The molecule has 2 amide bonds. The number of nitrogens with zero attached hydrogens (tertiary/aromatic N) is 1. The molecule has 0 saturated carbocycles. The van der Waals surface area contributed by atoms with E-state index in [1.807, 2.05) is 30.3 Å². The third-order valence-electron chi connectivity index (χ3n) is 3.94. The van der Waals surface area contributed by atoms with Crippen molar-refractivity contribution in [2.75, 3.05) is 6.54 Å². The third kappa shape index (κ3) is 3.59. The van der Waals surface area contributed by atoms with Crippen molar-refractivity contribution in [3.8, 4) is 0 Å². The van der Waals surface area contributed by atoms with Gasteiger partial charge in [0.25, 0.3) is 5.91 Å². The first-order valence-electron chi connectivity index (χ1n) is 7.60. The molecule has 0 bridgehead atoms. The molecule has 0 spiro atoms. The Morgan fingerprint density at radius 3 is 2.67 bits per heavy atom. The highest BCUT2D eigenvalue weighted by Crippen LogP contribution is 2.16. The molecule has 0 unspecified atom stereocenters. The van der Waals surface area contributed by atoms with Crippen LogP contribution in [0.25, 0.3) is 0 Å². The van der Waals surface area contributed by atoms with Gasteiger partial charge in [-0.25, -0.2) is 8.78 Å². The number of rotatable bonds is 4. The molecule has 2 aromatic rings. The summed E-state index contributed by atoms with van der Waals surface area (Å²) in [4.78, 5) is 25.8. The Hall–Kier alpha value is -2.76. The smallest absolute Gasteiger partial charge is 0.254 e. The standard InChI is InChI=1S/C18H16F2N2O2/c19-13-6-7-16(20)15(8-13)18(24)21-14-9-17(23)22(11-14)10-12-4-2-1-3-5-12/h1-8,14H,9-11H2,(H,21,24)/t14-/m1/s1. The van der Waals surface area contributed by atoms with E-state index in [-0.39, 0.29) is 17.9 Å².